The third-order valence-corrected chi connectivity index (χ3v) is 6.03. The minimum absolute atomic E-state index is 0.535. The molecule has 0 saturated carbocycles. The highest BCUT2D eigenvalue weighted by molar-refractivity contribution is 5.70. The van der Waals surface area contributed by atoms with E-state index in [9.17, 15) is 0 Å². The molecule has 164 valence electrons. The Kier molecular flexibility index (Phi) is 12.1. The average Bonchev–Trinajstić information content (AvgIpc) is 2.70. The van der Waals surface area contributed by atoms with Gasteiger partial charge in [0.05, 0.1) is 0 Å². The van der Waals surface area contributed by atoms with E-state index in [-0.39, 0.29) is 0 Å². The topological polar surface area (TPSA) is 0 Å². The number of unbranched alkanes of at least 4 members (excludes halogenated alkanes) is 3. The van der Waals surface area contributed by atoms with E-state index in [0.29, 0.717) is 5.92 Å². The van der Waals surface area contributed by atoms with Gasteiger partial charge in [0.1, 0.15) is 0 Å². The van der Waals surface area contributed by atoms with Crippen LogP contribution in [0.5, 0.6) is 0 Å². The molecule has 0 aliphatic carbocycles. The van der Waals surface area contributed by atoms with Crippen molar-refractivity contribution in [2.45, 2.75) is 87.0 Å². The van der Waals surface area contributed by atoms with Crippen LogP contribution in [0.4, 0.5) is 0 Å². The van der Waals surface area contributed by atoms with Crippen molar-refractivity contribution >= 4 is 12.2 Å². The molecule has 0 amide bonds. The normalized spacial score (nSPS) is 12.9. The minimum Gasteiger partial charge on any atom is -0.0984 e. The molecule has 0 saturated heterocycles. The van der Waals surface area contributed by atoms with Gasteiger partial charge in [-0.3, -0.25) is 0 Å². The summed E-state index contributed by atoms with van der Waals surface area (Å²) in [6.07, 6.45) is 25.4. The molecular formula is C30H44. The molecule has 0 fully saturated rings. The lowest BCUT2D eigenvalue weighted by Gasteiger charge is -2.17. The lowest BCUT2D eigenvalue weighted by Crippen LogP contribution is -1.99. The van der Waals surface area contributed by atoms with E-state index in [2.05, 4.69) is 97.6 Å². The maximum atomic E-state index is 4.01. The molecule has 1 unspecified atom stereocenters. The first kappa shape index (κ1) is 26.0. The lowest BCUT2D eigenvalue weighted by molar-refractivity contribution is 0.746. The van der Waals surface area contributed by atoms with Gasteiger partial charge in [-0.05, 0) is 119 Å². The molecule has 1 rings (SSSR count). The van der Waals surface area contributed by atoms with Crippen molar-refractivity contribution in [3.63, 3.8) is 0 Å². The number of allylic oxidation sites excluding steroid dienone is 7. The number of hydrogen-bond acceptors (Lipinski definition) is 0. The molecule has 1 aromatic rings. The van der Waals surface area contributed by atoms with Crippen LogP contribution in [0.25, 0.3) is 12.2 Å². The van der Waals surface area contributed by atoms with E-state index in [1.165, 1.54) is 64.6 Å². The third kappa shape index (κ3) is 8.74. The van der Waals surface area contributed by atoms with Crippen molar-refractivity contribution in [3.05, 3.63) is 82.0 Å². The van der Waals surface area contributed by atoms with E-state index in [1.54, 1.807) is 0 Å². The van der Waals surface area contributed by atoms with Gasteiger partial charge in [-0.25, -0.2) is 0 Å². The van der Waals surface area contributed by atoms with Gasteiger partial charge in [0.15, 0.2) is 0 Å². The van der Waals surface area contributed by atoms with Crippen LogP contribution in [0.3, 0.4) is 0 Å². The number of hydrogen-bond donors (Lipinski definition) is 0. The number of benzene rings is 1. The van der Waals surface area contributed by atoms with Gasteiger partial charge in [-0.15, -0.1) is 0 Å². The second-order valence-electron chi connectivity index (χ2n) is 8.85. The van der Waals surface area contributed by atoms with E-state index in [0.717, 1.165) is 12.8 Å². The molecule has 0 N–H and O–H groups in total. The molecule has 0 nitrogen and oxygen atoms in total. The third-order valence-electron chi connectivity index (χ3n) is 6.03. The van der Waals surface area contributed by atoms with Gasteiger partial charge < -0.3 is 0 Å². The van der Waals surface area contributed by atoms with E-state index in [4.69, 9.17) is 0 Å². The van der Waals surface area contributed by atoms with Gasteiger partial charge in [0, 0.05) is 0 Å². The second kappa shape index (κ2) is 14.0. The van der Waals surface area contributed by atoms with Crippen molar-refractivity contribution in [2.75, 3.05) is 0 Å². The Morgan fingerprint density at radius 3 is 2.10 bits per heavy atom. The van der Waals surface area contributed by atoms with Crippen LogP contribution in [-0.4, -0.2) is 0 Å². The molecule has 0 heteroatoms. The summed E-state index contributed by atoms with van der Waals surface area (Å²) in [4.78, 5) is 0. The molecular weight excluding hydrogens is 360 g/mol. The first-order valence-corrected chi connectivity index (χ1v) is 11.6. The minimum atomic E-state index is 0.535. The van der Waals surface area contributed by atoms with Crippen molar-refractivity contribution < 1.29 is 0 Å². The van der Waals surface area contributed by atoms with Crippen molar-refractivity contribution in [2.24, 2.45) is 5.92 Å². The molecule has 1 atom stereocenters. The Hall–Kier alpha value is -2.08. The Morgan fingerprint density at radius 1 is 0.800 bits per heavy atom. The van der Waals surface area contributed by atoms with Crippen LogP contribution >= 0.6 is 0 Å². The van der Waals surface area contributed by atoms with Crippen molar-refractivity contribution in [3.8, 4) is 0 Å². The molecule has 30 heavy (non-hydrogen) atoms. The highest BCUT2D eigenvalue weighted by Crippen LogP contribution is 2.28. The lowest BCUT2D eigenvalue weighted by atomic mass is 9.88. The Bertz CT molecular complexity index is 792. The Balaban J connectivity index is 2.47. The van der Waals surface area contributed by atoms with Crippen LogP contribution in [0, 0.1) is 33.6 Å². The molecule has 0 aliphatic rings. The Morgan fingerprint density at radius 2 is 1.43 bits per heavy atom. The van der Waals surface area contributed by atoms with Crippen molar-refractivity contribution in [1.82, 2.24) is 0 Å². The van der Waals surface area contributed by atoms with Gasteiger partial charge in [-0.1, -0.05) is 67.7 Å². The van der Waals surface area contributed by atoms with Gasteiger partial charge in [-0.2, -0.15) is 0 Å². The SMILES string of the molecule is C=Cc1c(C)c(C)c(C)c(/C=C\C(C)C/C=C/C/C=C/CCCCC=C(C)C)c1C. The average molecular weight is 405 g/mol. The zero-order chi connectivity index (χ0) is 22.5. The summed E-state index contributed by atoms with van der Waals surface area (Å²) in [5.41, 5.74) is 9.54. The molecule has 0 heterocycles. The summed E-state index contributed by atoms with van der Waals surface area (Å²) in [5.74, 6) is 0.535. The quantitative estimate of drug-likeness (QED) is 0.240. The van der Waals surface area contributed by atoms with Crippen LogP contribution in [0.1, 0.15) is 92.7 Å². The van der Waals surface area contributed by atoms with E-state index in [1.807, 2.05) is 6.08 Å². The summed E-state index contributed by atoms with van der Waals surface area (Å²) >= 11 is 0. The first-order valence-electron chi connectivity index (χ1n) is 11.6. The smallest absolute Gasteiger partial charge is 0.0169 e. The Labute approximate surface area is 187 Å². The van der Waals surface area contributed by atoms with Crippen LogP contribution in [0.2, 0.25) is 0 Å². The fourth-order valence-corrected chi connectivity index (χ4v) is 3.79. The molecule has 1 aromatic carbocycles. The zero-order valence-corrected chi connectivity index (χ0v) is 20.6. The van der Waals surface area contributed by atoms with Crippen molar-refractivity contribution in [1.29, 1.82) is 0 Å². The molecule has 0 aliphatic heterocycles. The largest absolute Gasteiger partial charge is 0.0984 e. The fourth-order valence-electron chi connectivity index (χ4n) is 3.79. The summed E-state index contributed by atoms with van der Waals surface area (Å²) in [6.45, 7) is 19.5. The molecule has 0 spiro atoms. The predicted molar refractivity (Wildman–Crippen MR) is 139 cm³/mol. The maximum Gasteiger partial charge on any atom is -0.0169 e. The summed E-state index contributed by atoms with van der Waals surface area (Å²) in [7, 11) is 0. The highest BCUT2D eigenvalue weighted by Gasteiger charge is 2.11. The molecule has 0 aromatic heterocycles. The van der Waals surface area contributed by atoms with Crippen LogP contribution in [0.15, 0.2) is 48.6 Å². The van der Waals surface area contributed by atoms with Gasteiger partial charge in [0.2, 0.25) is 0 Å². The summed E-state index contributed by atoms with van der Waals surface area (Å²) < 4.78 is 0. The predicted octanol–water partition coefficient (Wildman–Crippen LogP) is 9.63. The van der Waals surface area contributed by atoms with E-state index >= 15 is 0 Å². The van der Waals surface area contributed by atoms with Gasteiger partial charge >= 0.3 is 0 Å². The van der Waals surface area contributed by atoms with E-state index < -0.39 is 0 Å². The van der Waals surface area contributed by atoms with Crippen LogP contribution in [-0.2, 0) is 0 Å². The zero-order valence-electron chi connectivity index (χ0n) is 20.6. The van der Waals surface area contributed by atoms with Gasteiger partial charge in [0.25, 0.3) is 0 Å². The highest BCUT2D eigenvalue weighted by atomic mass is 14.2. The second-order valence-corrected chi connectivity index (χ2v) is 8.85. The fraction of sp³-hybridized carbons (Fsp3) is 0.467. The number of rotatable bonds is 12. The summed E-state index contributed by atoms with van der Waals surface area (Å²) in [6, 6.07) is 0. The monoisotopic (exact) mass is 404 g/mol. The van der Waals surface area contributed by atoms with Crippen LogP contribution < -0.4 is 0 Å². The maximum absolute atomic E-state index is 4.01. The first-order chi connectivity index (χ1) is 14.3. The molecule has 0 radical (unpaired) electrons. The molecule has 0 bridgehead atoms. The summed E-state index contributed by atoms with van der Waals surface area (Å²) in [5, 5.41) is 0. The standard InChI is InChI=1S/C30H44/c1-9-29-26(6)25(5)27(7)30(28(29)8)22-21-24(4)20-18-16-14-12-10-11-13-15-17-19-23(2)3/h9-10,12,16,18-19,21-22,24H,1,11,13-15,17,20H2,2-8H3/b12-10+,18-16+,22-21-.